The first-order chi connectivity index (χ1) is 11.5. The van der Waals surface area contributed by atoms with Gasteiger partial charge in [-0.1, -0.05) is 30.3 Å². The van der Waals surface area contributed by atoms with Gasteiger partial charge < -0.3 is 10.4 Å². The highest BCUT2D eigenvalue weighted by molar-refractivity contribution is 5.88. The molecule has 1 aliphatic rings. The summed E-state index contributed by atoms with van der Waals surface area (Å²) in [5.74, 6) is 0.0689. The normalized spacial score (nSPS) is 18.0. The molecule has 1 saturated heterocycles. The van der Waals surface area contributed by atoms with Gasteiger partial charge in [-0.3, -0.25) is 4.90 Å². The maximum atomic E-state index is 12.8. The highest BCUT2D eigenvalue weighted by Gasteiger charge is 2.33. The predicted octanol–water partition coefficient (Wildman–Crippen LogP) is 3.83. The molecule has 0 bridgehead atoms. The monoisotopic (exact) mass is 338 g/mol. The average molecular weight is 338 g/mol. The minimum atomic E-state index is -4.20. The fraction of sp³-hybridized carbons (Fsp3) is 0.444. The fourth-order valence-electron chi connectivity index (χ4n) is 3.44. The molecule has 1 aliphatic heterocycles. The number of phenols is 1. The Morgan fingerprint density at radius 1 is 1.08 bits per heavy atom. The molecule has 0 amide bonds. The van der Waals surface area contributed by atoms with E-state index in [2.05, 4.69) is 5.32 Å². The number of nitrogens with one attached hydrogen (secondary N) is 1. The number of fused-ring (bicyclic) bond motifs is 1. The van der Waals surface area contributed by atoms with Gasteiger partial charge in [0.25, 0.3) is 0 Å². The highest BCUT2D eigenvalue weighted by Crippen LogP contribution is 2.39. The highest BCUT2D eigenvalue weighted by atomic mass is 19.4. The van der Waals surface area contributed by atoms with Crippen molar-refractivity contribution >= 4 is 10.8 Å². The summed E-state index contributed by atoms with van der Waals surface area (Å²) < 4.78 is 38.5. The van der Waals surface area contributed by atoms with Crippen LogP contribution in [0.25, 0.3) is 10.8 Å². The molecular formula is C18H21F3N2O. The molecule has 130 valence electrons. The lowest BCUT2D eigenvalue weighted by molar-refractivity contribution is -0.138. The second kappa shape index (κ2) is 6.99. The van der Waals surface area contributed by atoms with E-state index in [4.69, 9.17) is 0 Å². The van der Waals surface area contributed by atoms with Crippen LogP contribution in [0.4, 0.5) is 13.2 Å². The number of aromatic hydroxyl groups is 1. The third-order valence-corrected chi connectivity index (χ3v) is 4.57. The topological polar surface area (TPSA) is 35.5 Å². The first-order valence-corrected chi connectivity index (χ1v) is 8.18. The van der Waals surface area contributed by atoms with E-state index in [9.17, 15) is 18.3 Å². The number of phenolic OH excluding ortho intramolecular Hbond substituents is 1. The van der Waals surface area contributed by atoms with Crippen molar-refractivity contribution in [2.75, 3.05) is 26.2 Å². The smallest absolute Gasteiger partial charge is 0.389 e. The Morgan fingerprint density at radius 3 is 2.50 bits per heavy atom. The van der Waals surface area contributed by atoms with Crippen molar-refractivity contribution in [3.05, 3.63) is 42.0 Å². The van der Waals surface area contributed by atoms with Crippen LogP contribution in [-0.2, 0) is 0 Å². The van der Waals surface area contributed by atoms with Gasteiger partial charge >= 0.3 is 6.18 Å². The molecule has 3 nitrogen and oxygen atoms in total. The van der Waals surface area contributed by atoms with E-state index in [0.29, 0.717) is 18.7 Å². The number of hydrogen-bond acceptors (Lipinski definition) is 3. The summed E-state index contributed by atoms with van der Waals surface area (Å²) in [6, 6.07) is 10.5. The number of halogens is 3. The molecule has 0 spiro atoms. The molecule has 0 aromatic heterocycles. The molecule has 0 radical (unpaired) electrons. The Hall–Kier alpha value is -1.79. The lowest BCUT2D eigenvalue weighted by Gasteiger charge is -2.36. The largest absolute Gasteiger partial charge is 0.508 e. The van der Waals surface area contributed by atoms with Crippen LogP contribution in [0.1, 0.15) is 24.4 Å². The first kappa shape index (κ1) is 17.0. The quantitative estimate of drug-likeness (QED) is 0.889. The lowest BCUT2D eigenvalue weighted by Crippen LogP contribution is -2.45. The molecule has 1 fully saturated rings. The molecule has 1 heterocycles. The summed E-state index contributed by atoms with van der Waals surface area (Å²) in [7, 11) is 0. The molecule has 0 saturated carbocycles. The second-order valence-corrected chi connectivity index (χ2v) is 6.18. The maximum Gasteiger partial charge on any atom is 0.389 e. The van der Waals surface area contributed by atoms with Gasteiger partial charge in [0, 0.05) is 44.2 Å². The number of piperazine rings is 1. The Bertz CT molecular complexity index is 696. The van der Waals surface area contributed by atoms with E-state index in [1.165, 1.54) is 0 Å². The first-order valence-electron chi connectivity index (χ1n) is 8.18. The minimum Gasteiger partial charge on any atom is -0.508 e. The summed E-state index contributed by atoms with van der Waals surface area (Å²) in [5.41, 5.74) is 0.610. The minimum absolute atomic E-state index is 0.0505. The lowest BCUT2D eigenvalue weighted by atomic mass is 9.93. The maximum absolute atomic E-state index is 12.8. The molecule has 6 heteroatoms. The van der Waals surface area contributed by atoms with Crippen molar-refractivity contribution in [3.8, 4) is 5.75 Å². The van der Waals surface area contributed by atoms with Crippen LogP contribution < -0.4 is 5.32 Å². The SMILES string of the molecule is Oc1ccc2ccccc2c1[C@@H](CCC(F)(F)F)N1CCNCC1. The zero-order chi connectivity index (χ0) is 17.2. The Labute approximate surface area is 139 Å². The summed E-state index contributed by atoms with van der Waals surface area (Å²) in [6.45, 7) is 2.83. The molecule has 3 rings (SSSR count). The second-order valence-electron chi connectivity index (χ2n) is 6.18. The Kier molecular flexibility index (Phi) is 4.96. The van der Waals surface area contributed by atoms with Crippen molar-refractivity contribution in [2.45, 2.75) is 25.1 Å². The van der Waals surface area contributed by atoms with Crippen LogP contribution in [0.2, 0.25) is 0 Å². The third-order valence-electron chi connectivity index (χ3n) is 4.57. The summed E-state index contributed by atoms with van der Waals surface area (Å²) in [4.78, 5) is 2.05. The summed E-state index contributed by atoms with van der Waals surface area (Å²) in [5, 5.41) is 15.4. The Morgan fingerprint density at radius 2 is 1.79 bits per heavy atom. The molecular weight excluding hydrogens is 317 g/mol. The van der Waals surface area contributed by atoms with Crippen LogP contribution in [0.3, 0.4) is 0 Å². The predicted molar refractivity (Wildman–Crippen MR) is 88.1 cm³/mol. The Balaban J connectivity index is 2.02. The van der Waals surface area contributed by atoms with Crippen molar-refractivity contribution < 1.29 is 18.3 Å². The number of hydrogen-bond donors (Lipinski definition) is 2. The zero-order valence-electron chi connectivity index (χ0n) is 13.3. The zero-order valence-corrected chi connectivity index (χ0v) is 13.3. The summed E-state index contributed by atoms with van der Waals surface area (Å²) >= 11 is 0. The molecule has 2 aromatic rings. The van der Waals surface area contributed by atoms with Gasteiger partial charge in [0.2, 0.25) is 0 Å². The van der Waals surface area contributed by atoms with Gasteiger partial charge in [-0.25, -0.2) is 0 Å². The van der Waals surface area contributed by atoms with Crippen molar-refractivity contribution in [1.82, 2.24) is 10.2 Å². The molecule has 2 N–H and O–H groups in total. The number of nitrogens with zero attached hydrogens (tertiary/aromatic N) is 1. The van der Waals surface area contributed by atoms with Crippen molar-refractivity contribution in [3.63, 3.8) is 0 Å². The average Bonchev–Trinajstić information content (AvgIpc) is 2.57. The summed E-state index contributed by atoms with van der Waals surface area (Å²) in [6.07, 6.45) is -5.11. The standard InChI is InChI=1S/C18H21F3N2O/c19-18(20,21)8-7-15(23-11-9-22-10-12-23)17-14-4-2-1-3-13(14)5-6-16(17)24/h1-6,15,22,24H,7-12H2/t15-/m1/s1. The van der Waals surface area contributed by atoms with E-state index in [1.807, 2.05) is 29.2 Å². The van der Waals surface area contributed by atoms with Crippen LogP contribution >= 0.6 is 0 Å². The van der Waals surface area contributed by atoms with Gasteiger partial charge in [0.15, 0.2) is 0 Å². The van der Waals surface area contributed by atoms with Crippen LogP contribution in [0.5, 0.6) is 5.75 Å². The molecule has 0 unspecified atom stereocenters. The van der Waals surface area contributed by atoms with E-state index in [-0.39, 0.29) is 12.2 Å². The van der Waals surface area contributed by atoms with E-state index >= 15 is 0 Å². The van der Waals surface area contributed by atoms with Gasteiger partial charge in [-0.15, -0.1) is 0 Å². The van der Waals surface area contributed by atoms with Gasteiger partial charge in [-0.05, 0) is 23.3 Å². The van der Waals surface area contributed by atoms with E-state index in [0.717, 1.165) is 23.9 Å². The van der Waals surface area contributed by atoms with Crippen LogP contribution in [0.15, 0.2) is 36.4 Å². The number of rotatable bonds is 4. The third kappa shape index (κ3) is 3.82. The van der Waals surface area contributed by atoms with Gasteiger partial charge in [0.05, 0.1) is 0 Å². The van der Waals surface area contributed by atoms with Gasteiger partial charge in [-0.2, -0.15) is 13.2 Å². The van der Waals surface area contributed by atoms with E-state index < -0.39 is 18.6 Å². The molecule has 24 heavy (non-hydrogen) atoms. The molecule has 2 aromatic carbocycles. The van der Waals surface area contributed by atoms with Crippen molar-refractivity contribution in [2.24, 2.45) is 0 Å². The van der Waals surface area contributed by atoms with Crippen LogP contribution in [0, 0.1) is 0 Å². The number of alkyl halides is 3. The molecule has 0 aliphatic carbocycles. The number of benzene rings is 2. The van der Waals surface area contributed by atoms with Crippen LogP contribution in [-0.4, -0.2) is 42.4 Å². The van der Waals surface area contributed by atoms with E-state index in [1.54, 1.807) is 12.1 Å². The fourth-order valence-corrected chi connectivity index (χ4v) is 3.44. The van der Waals surface area contributed by atoms with Gasteiger partial charge in [0.1, 0.15) is 5.75 Å². The molecule has 1 atom stereocenters. The van der Waals surface area contributed by atoms with Crippen molar-refractivity contribution in [1.29, 1.82) is 0 Å².